The van der Waals surface area contributed by atoms with Gasteiger partial charge in [-0.05, 0) is 18.2 Å². The molecule has 0 aliphatic rings. The second-order valence-electron chi connectivity index (χ2n) is 3.89. The molecule has 0 radical (unpaired) electrons. The molecule has 7 heteroatoms. The number of nitrogens with one attached hydrogen (secondary N) is 1. The smallest absolute Gasteiger partial charge is 0.129 e. The zero-order chi connectivity index (χ0) is 14.0. The fourth-order valence-corrected chi connectivity index (χ4v) is 2.10. The maximum Gasteiger partial charge on any atom is 0.129 e. The van der Waals surface area contributed by atoms with Crippen molar-refractivity contribution in [2.45, 2.75) is 6.04 Å². The molecule has 2 aromatic rings. The van der Waals surface area contributed by atoms with Crippen molar-refractivity contribution >= 4 is 29.0 Å². The Bertz CT molecular complexity index is 606. The van der Waals surface area contributed by atoms with Crippen molar-refractivity contribution in [3.05, 3.63) is 57.5 Å². The van der Waals surface area contributed by atoms with E-state index >= 15 is 0 Å². The fraction of sp³-hybridized carbons (Fsp3) is 0.0833. The Kier molecular flexibility index (Phi) is 4.21. The first-order valence-corrected chi connectivity index (χ1v) is 6.10. The van der Waals surface area contributed by atoms with Gasteiger partial charge < -0.3 is 5.73 Å². The van der Waals surface area contributed by atoms with Crippen molar-refractivity contribution in [3.63, 3.8) is 0 Å². The summed E-state index contributed by atoms with van der Waals surface area (Å²) in [6, 6.07) is 5.22. The van der Waals surface area contributed by atoms with Crippen LogP contribution in [-0.2, 0) is 0 Å². The summed E-state index contributed by atoms with van der Waals surface area (Å²) in [6.45, 7) is 0. The molecule has 0 fully saturated rings. The number of benzene rings is 1. The number of pyridine rings is 1. The molecule has 1 heterocycles. The molecule has 1 aromatic carbocycles. The molecule has 0 saturated carbocycles. The predicted octanol–water partition coefficient (Wildman–Crippen LogP) is 2.66. The Labute approximate surface area is 119 Å². The number of rotatable bonds is 3. The molecule has 1 unspecified atom stereocenters. The van der Waals surface area contributed by atoms with E-state index in [0.29, 0.717) is 21.2 Å². The van der Waals surface area contributed by atoms with Crippen molar-refractivity contribution in [2.75, 3.05) is 5.73 Å². The van der Waals surface area contributed by atoms with Gasteiger partial charge in [-0.3, -0.25) is 5.84 Å². The zero-order valence-electron chi connectivity index (χ0n) is 9.70. The Hall–Kier alpha value is -1.40. The number of aromatic nitrogens is 1. The summed E-state index contributed by atoms with van der Waals surface area (Å²) in [6.07, 6.45) is 1.41. The van der Waals surface area contributed by atoms with Crippen molar-refractivity contribution in [1.29, 1.82) is 0 Å². The van der Waals surface area contributed by atoms with Gasteiger partial charge in [0.15, 0.2) is 0 Å². The Morgan fingerprint density at radius 1 is 1.16 bits per heavy atom. The highest BCUT2D eigenvalue weighted by atomic mass is 35.5. The van der Waals surface area contributed by atoms with E-state index in [1.807, 2.05) is 0 Å². The van der Waals surface area contributed by atoms with Crippen molar-refractivity contribution in [2.24, 2.45) is 5.84 Å². The number of nitrogens with two attached hydrogens (primary N) is 2. The van der Waals surface area contributed by atoms with Gasteiger partial charge in [-0.1, -0.05) is 29.3 Å². The lowest BCUT2D eigenvalue weighted by molar-refractivity contribution is 0.560. The molecule has 0 aliphatic heterocycles. The number of halogens is 3. The number of hydrazine groups is 1. The normalized spacial score (nSPS) is 12.4. The number of nitrogen functional groups attached to an aromatic ring is 1. The minimum absolute atomic E-state index is 0.224. The molecule has 0 aliphatic carbocycles. The van der Waals surface area contributed by atoms with Gasteiger partial charge in [0.2, 0.25) is 0 Å². The molecule has 0 bridgehead atoms. The highest BCUT2D eigenvalue weighted by Gasteiger charge is 2.20. The quantitative estimate of drug-likeness (QED) is 0.601. The lowest BCUT2D eigenvalue weighted by atomic mass is 9.99. The van der Waals surface area contributed by atoms with Crippen molar-refractivity contribution in [1.82, 2.24) is 10.4 Å². The van der Waals surface area contributed by atoms with Crippen LogP contribution in [0.2, 0.25) is 10.0 Å². The minimum atomic E-state index is -0.663. The minimum Gasteiger partial charge on any atom is -0.383 e. The zero-order valence-corrected chi connectivity index (χ0v) is 11.2. The second kappa shape index (κ2) is 5.71. The fourth-order valence-electron chi connectivity index (χ4n) is 1.78. The Balaban J connectivity index is 2.52. The average Bonchev–Trinajstić information content (AvgIpc) is 2.36. The highest BCUT2D eigenvalue weighted by molar-refractivity contribution is 6.30. The van der Waals surface area contributed by atoms with Gasteiger partial charge in [-0.2, -0.15) is 0 Å². The van der Waals surface area contributed by atoms with Crippen LogP contribution in [0.25, 0.3) is 0 Å². The highest BCUT2D eigenvalue weighted by Crippen LogP contribution is 2.29. The summed E-state index contributed by atoms with van der Waals surface area (Å²) < 4.78 is 13.9. The van der Waals surface area contributed by atoms with Crippen LogP contribution in [0, 0.1) is 5.82 Å². The van der Waals surface area contributed by atoms with E-state index in [0.717, 1.165) is 0 Å². The second-order valence-corrected chi connectivity index (χ2v) is 4.77. The van der Waals surface area contributed by atoms with E-state index in [1.54, 1.807) is 12.1 Å². The van der Waals surface area contributed by atoms with E-state index in [-0.39, 0.29) is 5.82 Å². The summed E-state index contributed by atoms with van der Waals surface area (Å²) in [5.41, 5.74) is 9.08. The molecular formula is C12H11Cl2FN4. The van der Waals surface area contributed by atoms with Gasteiger partial charge in [0.25, 0.3) is 0 Å². The Morgan fingerprint density at radius 3 is 2.53 bits per heavy atom. The standard InChI is InChI=1S/C12H11Cl2FN4/c13-6-1-2-8(10(15)4-6)11(19-17)9-3-7(14)5-18-12(9)16/h1-5,11,19H,17H2,(H2,16,18). The summed E-state index contributed by atoms with van der Waals surface area (Å²) in [5.74, 6) is 5.22. The monoisotopic (exact) mass is 300 g/mol. The maximum absolute atomic E-state index is 13.9. The van der Waals surface area contributed by atoms with E-state index in [2.05, 4.69) is 10.4 Å². The number of hydrogen-bond acceptors (Lipinski definition) is 4. The third kappa shape index (κ3) is 2.96. The lowest BCUT2D eigenvalue weighted by Crippen LogP contribution is -2.30. The Morgan fingerprint density at radius 2 is 1.89 bits per heavy atom. The van der Waals surface area contributed by atoms with E-state index in [9.17, 15) is 4.39 Å². The molecule has 19 heavy (non-hydrogen) atoms. The van der Waals surface area contributed by atoms with Crippen LogP contribution in [0.3, 0.4) is 0 Å². The van der Waals surface area contributed by atoms with E-state index < -0.39 is 11.9 Å². The van der Waals surface area contributed by atoms with Gasteiger partial charge in [-0.25, -0.2) is 14.8 Å². The third-order valence-electron chi connectivity index (χ3n) is 2.67. The number of nitrogens with zero attached hydrogens (tertiary/aromatic N) is 1. The average molecular weight is 301 g/mol. The molecule has 1 atom stereocenters. The van der Waals surface area contributed by atoms with Crippen LogP contribution in [0.15, 0.2) is 30.5 Å². The predicted molar refractivity (Wildman–Crippen MR) is 74.2 cm³/mol. The van der Waals surface area contributed by atoms with Crippen molar-refractivity contribution in [3.8, 4) is 0 Å². The maximum atomic E-state index is 13.9. The SMILES string of the molecule is NNC(c1ccc(Cl)cc1F)c1cc(Cl)cnc1N. The third-order valence-corrected chi connectivity index (χ3v) is 3.11. The van der Waals surface area contributed by atoms with Gasteiger partial charge in [0, 0.05) is 22.3 Å². The molecule has 1 aromatic heterocycles. The van der Waals surface area contributed by atoms with Gasteiger partial charge in [-0.15, -0.1) is 0 Å². The van der Waals surface area contributed by atoms with Crippen LogP contribution in [-0.4, -0.2) is 4.98 Å². The molecule has 0 spiro atoms. The molecule has 100 valence electrons. The summed E-state index contributed by atoms with van der Waals surface area (Å²) >= 11 is 11.6. The van der Waals surface area contributed by atoms with Gasteiger partial charge >= 0.3 is 0 Å². The summed E-state index contributed by atoms with van der Waals surface area (Å²) in [4.78, 5) is 3.92. The number of anilines is 1. The van der Waals surface area contributed by atoms with E-state index in [1.165, 1.54) is 18.3 Å². The summed E-state index contributed by atoms with van der Waals surface area (Å²) in [5, 5.41) is 0.688. The van der Waals surface area contributed by atoms with Crippen LogP contribution >= 0.6 is 23.2 Å². The summed E-state index contributed by atoms with van der Waals surface area (Å²) in [7, 11) is 0. The van der Waals surface area contributed by atoms with Gasteiger partial charge in [0.05, 0.1) is 11.1 Å². The van der Waals surface area contributed by atoms with Crippen LogP contribution in [0.5, 0.6) is 0 Å². The molecule has 4 nitrogen and oxygen atoms in total. The van der Waals surface area contributed by atoms with Crippen LogP contribution in [0.1, 0.15) is 17.2 Å². The first kappa shape index (κ1) is 14.0. The molecular weight excluding hydrogens is 290 g/mol. The van der Waals surface area contributed by atoms with Gasteiger partial charge in [0.1, 0.15) is 11.6 Å². The molecule has 5 N–H and O–H groups in total. The molecule has 0 saturated heterocycles. The van der Waals surface area contributed by atoms with E-state index in [4.69, 9.17) is 34.8 Å². The molecule has 0 amide bonds. The van der Waals surface area contributed by atoms with Crippen LogP contribution in [0.4, 0.5) is 10.2 Å². The first-order chi connectivity index (χ1) is 9.02. The first-order valence-electron chi connectivity index (χ1n) is 5.35. The van der Waals surface area contributed by atoms with Crippen molar-refractivity contribution < 1.29 is 4.39 Å². The molecule has 2 rings (SSSR count). The lowest BCUT2D eigenvalue weighted by Gasteiger charge is -2.19. The largest absolute Gasteiger partial charge is 0.383 e. The topological polar surface area (TPSA) is 77.0 Å². The number of hydrogen-bond donors (Lipinski definition) is 3. The van der Waals surface area contributed by atoms with Crippen LogP contribution < -0.4 is 17.0 Å².